The van der Waals surface area contributed by atoms with Crippen molar-refractivity contribution >= 4 is 0 Å². The largest absolute Gasteiger partial charge is 0.412 e. The maximum absolute atomic E-state index is 9.50. The molecule has 4 heteroatoms. The van der Waals surface area contributed by atoms with Gasteiger partial charge in [0.15, 0.2) is 0 Å². The smallest absolute Gasteiger partial charge is 0.0785 e. The third-order valence-electron chi connectivity index (χ3n) is 2.50. The fourth-order valence-corrected chi connectivity index (χ4v) is 1.30. The number of hydrogen-bond donors (Lipinski definition) is 0. The monoisotopic (exact) mass is 348 g/mol. The number of rotatable bonds is 7. The molecule has 0 aliphatic rings. The summed E-state index contributed by atoms with van der Waals surface area (Å²) in [7, 11) is 0.500. The van der Waals surface area contributed by atoms with Gasteiger partial charge in [0.1, 0.15) is 0 Å². The third kappa shape index (κ3) is 110. The van der Waals surface area contributed by atoms with Gasteiger partial charge in [0.25, 0.3) is 0 Å². The van der Waals surface area contributed by atoms with Crippen molar-refractivity contribution in [3.05, 3.63) is 0 Å². The van der Waals surface area contributed by atoms with E-state index in [1.54, 1.807) is 0 Å². The van der Waals surface area contributed by atoms with Crippen molar-refractivity contribution < 1.29 is 20.8 Å². The lowest BCUT2D eigenvalue weighted by Gasteiger charge is -2.06. The Morgan fingerprint density at radius 2 is 0.957 bits per heavy atom. The summed E-state index contributed by atoms with van der Waals surface area (Å²) in [6.45, 7) is 19.2. The van der Waals surface area contributed by atoms with Gasteiger partial charge in [0.2, 0.25) is 0 Å². The Balaban J connectivity index is -0.0000000269. The molecule has 1 unspecified atom stereocenters. The van der Waals surface area contributed by atoms with Crippen LogP contribution in [-0.4, -0.2) is 23.6 Å². The molecule has 0 aromatic heterocycles. The highest BCUT2D eigenvalue weighted by molar-refractivity contribution is 4.50. The summed E-state index contributed by atoms with van der Waals surface area (Å²) < 4.78 is 9.50. The lowest BCUT2D eigenvalue weighted by molar-refractivity contribution is 0.474. The lowest BCUT2D eigenvalue weighted by Crippen LogP contribution is -1.91. The van der Waals surface area contributed by atoms with Crippen LogP contribution >= 0.6 is 0 Å². The first kappa shape index (κ1) is 49.5. The Labute approximate surface area is 148 Å². The van der Waals surface area contributed by atoms with Crippen LogP contribution < -0.4 is 0 Å². The second-order valence-electron chi connectivity index (χ2n) is 4.42. The van der Waals surface area contributed by atoms with Crippen molar-refractivity contribution in [2.75, 3.05) is 7.18 Å². The molecule has 0 radical (unpaired) electrons. The normalized spacial score (nSPS) is 7.96. The van der Waals surface area contributed by atoms with Crippen molar-refractivity contribution in [2.45, 2.75) is 114 Å². The molecule has 0 rings (SSSR count). The molecule has 154 valence electrons. The van der Waals surface area contributed by atoms with Crippen LogP contribution in [0.1, 0.15) is 114 Å². The van der Waals surface area contributed by atoms with Crippen molar-refractivity contribution in [1.29, 1.82) is 0 Å². The van der Waals surface area contributed by atoms with Crippen LogP contribution in [0.5, 0.6) is 0 Å². The summed E-state index contributed by atoms with van der Waals surface area (Å²) in [5.74, 6) is 0.955. The number of halogens is 1. The van der Waals surface area contributed by atoms with Crippen molar-refractivity contribution in [3.8, 4) is 0 Å². The molecule has 0 aliphatic carbocycles. The molecule has 23 heavy (non-hydrogen) atoms. The van der Waals surface area contributed by atoms with E-state index in [-0.39, 0.29) is 16.4 Å². The van der Waals surface area contributed by atoms with Crippen molar-refractivity contribution in [1.82, 2.24) is 0 Å². The van der Waals surface area contributed by atoms with E-state index < -0.39 is 0 Å². The van der Waals surface area contributed by atoms with Gasteiger partial charge in [-0.25, -0.2) is 0 Å². The molecule has 0 heterocycles. The van der Waals surface area contributed by atoms with Crippen molar-refractivity contribution in [2.24, 2.45) is 5.92 Å². The molecule has 0 aliphatic heterocycles. The zero-order chi connectivity index (χ0) is 17.2. The van der Waals surface area contributed by atoms with Gasteiger partial charge in [-0.15, -0.1) is 0 Å². The summed E-state index contributed by atoms with van der Waals surface area (Å²) >= 11 is 0. The molecular weight excluding hydrogens is 295 g/mol. The van der Waals surface area contributed by atoms with Crippen LogP contribution in [-0.2, 0) is 0 Å². The summed E-state index contributed by atoms with van der Waals surface area (Å²) in [5.41, 5.74) is 0. The zero-order valence-corrected chi connectivity index (χ0v) is 18.1. The third-order valence-corrected chi connectivity index (χ3v) is 2.50. The molecule has 0 bridgehead atoms. The molecule has 1 atom stereocenters. The van der Waals surface area contributed by atoms with E-state index in [2.05, 4.69) is 34.6 Å². The Morgan fingerprint density at radius 1 is 0.652 bits per heavy atom. The zero-order valence-electron chi connectivity index (χ0n) is 18.1. The predicted octanol–water partition coefficient (Wildman–Crippen LogP) is 5.97. The lowest BCUT2D eigenvalue weighted by atomic mass is 10.0. The van der Waals surface area contributed by atoms with E-state index in [9.17, 15) is 4.39 Å². The molecule has 0 aromatic rings. The molecule has 0 aromatic carbocycles. The second kappa shape index (κ2) is 80.8. The molecule has 0 spiro atoms. The Kier molecular flexibility index (Phi) is 174. The van der Waals surface area contributed by atoms with E-state index >= 15 is 0 Å². The van der Waals surface area contributed by atoms with Gasteiger partial charge in [-0.1, -0.05) is 114 Å². The van der Waals surface area contributed by atoms with E-state index in [0.29, 0.717) is 7.18 Å². The first-order valence-electron chi connectivity index (χ1n) is 9.10. The highest BCUT2D eigenvalue weighted by Gasteiger charge is 1.97. The number of unbranched alkanes of at least 4 members (excludes halogenated alkanes) is 4. The maximum atomic E-state index is 9.50. The first-order valence-corrected chi connectivity index (χ1v) is 9.10. The van der Waals surface area contributed by atoms with E-state index in [1.807, 2.05) is 27.7 Å². The van der Waals surface area contributed by atoms with Gasteiger partial charge < -0.3 is 16.4 Å². The molecule has 0 amide bonds. The van der Waals surface area contributed by atoms with Gasteiger partial charge in [-0.3, -0.25) is 4.39 Å². The maximum Gasteiger partial charge on any atom is 0.0785 e. The number of hydrogen-bond acceptors (Lipinski definition) is 0. The van der Waals surface area contributed by atoms with E-state index in [1.165, 1.54) is 51.4 Å². The first-order chi connectivity index (χ1) is 9.72. The van der Waals surface area contributed by atoms with E-state index in [0.717, 1.165) is 5.92 Å². The van der Waals surface area contributed by atoms with Gasteiger partial charge in [0, 0.05) is 0 Å². The molecule has 0 fully saturated rings. The molecule has 0 saturated heterocycles. The number of alkyl halides is 1. The average Bonchev–Trinajstić information content (AvgIpc) is 2.53. The second-order valence-corrected chi connectivity index (χ2v) is 4.42. The topological polar surface area (TPSA) is 94.5 Å². The molecule has 6 N–H and O–H groups in total. The SMILES string of the molecule is CC.CC.CCC.CCCCCCCC(C)CC.CF.O.O.O. The fraction of sp³-hybridized carbons (Fsp3) is 1.00. The summed E-state index contributed by atoms with van der Waals surface area (Å²) in [6.07, 6.45) is 11.2. The van der Waals surface area contributed by atoms with Crippen molar-refractivity contribution in [3.63, 3.8) is 0 Å². The molecule has 0 saturated carbocycles. The highest BCUT2D eigenvalue weighted by atomic mass is 19.1. The average molecular weight is 349 g/mol. The van der Waals surface area contributed by atoms with Gasteiger partial charge in [0.05, 0.1) is 7.18 Å². The Bertz CT molecular complexity index is 94.7. The quantitative estimate of drug-likeness (QED) is 0.506. The fourth-order valence-electron chi connectivity index (χ4n) is 1.30. The van der Waals surface area contributed by atoms with Gasteiger partial charge >= 0.3 is 0 Å². The van der Waals surface area contributed by atoms with Crippen LogP contribution in [0.3, 0.4) is 0 Å². The molecular formula is C19H53FO3. The van der Waals surface area contributed by atoms with Gasteiger partial charge in [-0.2, -0.15) is 0 Å². The predicted molar refractivity (Wildman–Crippen MR) is 109 cm³/mol. The van der Waals surface area contributed by atoms with Crippen LogP contribution in [0, 0.1) is 5.92 Å². The standard InChI is InChI=1S/C11H24.C3H8.2C2H6.CH3F.3H2O/c1-4-6-7-8-9-10-11(3)5-2;1-3-2;3*1-2;;;/h11H,4-10H2,1-3H3;3H2,1-2H3;2*1-2H3;1H3;3*1H2. The van der Waals surface area contributed by atoms with E-state index in [4.69, 9.17) is 0 Å². The van der Waals surface area contributed by atoms with Crippen LogP contribution in [0.25, 0.3) is 0 Å². The Morgan fingerprint density at radius 3 is 1.22 bits per heavy atom. The minimum Gasteiger partial charge on any atom is -0.412 e. The summed E-state index contributed by atoms with van der Waals surface area (Å²) in [4.78, 5) is 0. The Hall–Kier alpha value is -0.190. The minimum atomic E-state index is 0. The summed E-state index contributed by atoms with van der Waals surface area (Å²) in [5, 5.41) is 0. The van der Waals surface area contributed by atoms with Crippen LogP contribution in [0.15, 0.2) is 0 Å². The van der Waals surface area contributed by atoms with Crippen LogP contribution in [0.4, 0.5) is 4.39 Å². The molecule has 3 nitrogen and oxygen atoms in total. The van der Waals surface area contributed by atoms with Gasteiger partial charge in [-0.05, 0) is 5.92 Å². The summed E-state index contributed by atoms with van der Waals surface area (Å²) in [6, 6.07) is 0. The highest BCUT2D eigenvalue weighted by Crippen LogP contribution is 2.13. The minimum absolute atomic E-state index is 0. The van der Waals surface area contributed by atoms with Crippen LogP contribution in [0.2, 0.25) is 0 Å².